The van der Waals surface area contributed by atoms with Gasteiger partial charge in [-0.25, -0.2) is 0 Å². The molecule has 6 rings (SSSR count). The van der Waals surface area contributed by atoms with Crippen molar-refractivity contribution < 1.29 is 51.7 Å². The predicted molar refractivity (Wildman–Crippen MR) is 211 cm³/mol. The third kappa shape index (κ3) is 12.8. The van der Waals surface area contributed by atoms with E-state index >= 15 is 0 Å². The fourth-order valence-corrected chi connectivity index (χ4v) is 8.30. The summed E-state index contributed by atoms with van der Waals surface area (Å²) in [7, 11) is -3.45. The minimum absolute atomic E-state index is 0. The maximum atomic E-state index is 13.3. The van der Waals surface area contributed by atoms with Gasteiger partial charge in [0.25, 0.3) is 10.1 Å². The monoisotopic (exact) mass is 814 g/mol. The number of rotatable bonds is 9. The number of nitrogens with zero attached hydrogens (tertiary/aromatic N) is 8. The van der Waals surface area contributed by atoms with Gasteiger partial charge >= 0.3 is 29.6 Å². The Hall–Kier alpha value is -2.51. The summed E-state index contributed by atoms with van der Waals surface area (Å²) < 4.78 is 27.3. The van der Waals surface area contributed by atoms with Crippen LogP contribution in [0.5, 0.6) is 0 Å². The van der Waals surface area contributed by atoms with Gasteiger partial charge in [-0.05, 0) is 98.2 Å². The van der Waals surface area contributed by atoms with Gasteiger partial charge in [-0.1, -0.05) is 80.3 Å². The molecule has 4 fully saturated rings. The molecule has 2 aliphatic carbocycles. The largest absolute Gasteiger partial charge is 1.00 e. The number of hydrogen-bond acceptors (Lipinski definition) is 6. The molecule has 2 amide bonds. The summed E-state index contributed by atoms with van der Waals surface area (Å²) in [4.78, 5) is 34.7. The Bertz CT molecular complexity index is 1700. The molecule has 0 bridgehead atoms. The Labute approximate surface area is 352 Å². The fraction of sp³-hybridized carbons (Fsp3) is 0.622. The molecule has 4 aliphatic rings. The molecule has 0 N–H and O–H groups in total. The quantitative estimate of drug-likeness (QED) is 0.0925. The van der Waals surface area contributed by atoms with Crippen LogP contribution < -0.4 is 29.6 Å². The van der Waals surface area contributed by atoms with Crippen LogP contribution in [0.3, 0.4) is 0 Å². The third-order valence-electron chi connectivity index (χ3n) is 10.6. The van der Waals surface area contributed by atoms with Crippen LogP contribution in [0.1, 0.15) is 90.2 Å². The first-order valence-corrected chi connectivity index (χ1v) is 19.9. The van der Waals surface area contributed by atoms with Gasteiger partial charge < -0.3 is 20.9 Å². The van der Waals surface area contributed by atoms with E-state index in [0.29, 0.717) is 29.7 Å². The van der Waals surface area contributed by atoms with Crippen molar-refractivity contribution in [3.05, 3.63) is 96.1 Å². The summed E-state index contributed by atoms with van der Waals surface area (Å²) in [5.41, 5.74) is 23.3. The Morgan fingerprint density at radius 3 is 1.52 bits per heavy atom. The molecule has 2 heterocycles. The topological polar surface area (TPSA) is 191 Å². The molecule has 54 heavy (non-hydrogen) atoms. The Morgan fingerprint density at radius 1 is 0.778 bits per heavy atom. The first kappa shape index (κ1) is 49.5. The minimum Gasteiger partial charge on any atom is -0.373 e. The summed E-state index contributed by atoms with van der Waals surface area (Å²) in [5, 5.41) is 5.05. The molecule has 17 heteroatoms. The van der Waals surface area contributed by atoms with Crippen LogP contribution in [0, 0.1) is 11.8 Å². The molecule has 2 atom stereocenters. The number of carbonyl (C=O) groups excluding carboxylic acids is 2. The van der Waals surface area contributed by atoms with Gasteiger partial charge in [-0.3, -0.25) is 18.7 Å². The summed E-state index contributed by atoms with van der Waals surface area (Å²) in [5.74, 6) is 0.738. The molecule has 292 valence electrons. The van der Waals surface area contributed by atoms with Gasteiger partial charge in [0.1, 0.15) is 0 Å². The van der Waals surface area contributed by atoms with E-state index in [1.807, 2.05) is 58.3 Å². The Balaban J connectivity index is 0.000000480. The average Bonchev–Trinajstić information content (AvgIpc) is 3.07. The second-order valence-electron chi connectivity index (χ2n) is 13.9. The number of likely N-dealkylation sites (tertiary alicyclic amines) is 2. The Morgan fingerprint density at radius 2 is 1.17 bits per heavy atom. The van der Waals surface area contributed by atoms with Crippen molar-refractivity contribution >= 4 is 45.1 Å². The van der Waals surface area contributed by atoms with Crippen LogP contribution in [-0.4, -0.2) is 75.6 Å². The smallest absolute Gasteiger partial charge is 0.373 e. The van der Waals surface area contributed by atoms with Crippen LogP contribution in [-0.2, 0) is 34.7 Å². The number of amides is 2. The fourth-order valence-electron chi connectivity index (χ4n) is 7.61. The van der Waals surface area contributed by atoms with Crippen LogP contribution in [0.2, 0.25) is 10.0 Å². The van der Waals surface area contributed by atoms with Crippen molar-refractivity contribution in [2.45, 2.75) is 89.9 Å². The van der Waals surface area contributed by atoms with Gasteiger partial charge in [0, 0.05) is 53.6 Å². The number of benzene rings is 2. The molecule has 2 saturated carbocycles. The second kappa shape index (κ2) is 22.9. The summed E-state index contributed by atoms with van der Waals surface area (Å²) >= 11 is 12.0. The molecule has 2 aromatic rings. The molecule has 0 radical (unpaired) electrons. The summed E-state index contributed by atoms with van der Waals surface area (Å²) in [6.07, 6.45) is 10.5. The van der Waals surface area contributed by atoms with Crippen molar-refractivity contribution in [2.75, 3.05) is 45.6 Å². The zero-order valence-electron chi connectivity index (χ0n) is 29.9. The zero-order valence-corrected chi connectivity index (χ0v) is 34.2. The molecular weight excluding hydrogens is 762 g/mol. The van der Waals surface area contributed by atoms with Crippen LogP contribution in [0.15, 0.2) is 53.6 Å². The number of halogens is 2. The van der Waals surface area contributed by atoms with Crippen LogP contribution >= 0.6 is 23.2 Å². The van der Waals surface area contributed by atoms with Gasteiger partial charge in [-0.15, -0.1) is 0 Å². The van der Waals surface area contributed by atoms with E-state index in [1.54, 1.807) is 0 Å². The van der Waals surface area contributed by atoms with Crippen molar-refractivity contribution in [1.82, 2.24) is 9.80 Å². The molecule has 2 aliphatic heterocycles. The van der Waals surface area contributed by atoms with Crippen LogP contribution in [0.25, 0.3) is 26.4 Å². The van der Waals surface area contributed by atoms with Crippen LogP contribution in [0.4, 0.5) is 0 Å². The third-order valence-corrected chi connectivity index (χ3v) is 11.6. The first-order chi connectivity index (χ1) is 24.4. The first-order valence-electron chi connectivity index (χ1n) is 17.3. The van der Waals surface area contributed by atoms with Gasteiger partial charge in [0.05, 0.1) is 23.7 Å². The number of carbonyl (C=O) groups is 2. The van der Waals surface area contributed by atoms with E-state index in [-0.39, 0.29) is 80.1 Å². The molecule has 0 spiro atoms. The molecular formula is C37H53Cl2N8NaO5S. The summed E-state index contributed by atoms with van der Waals surface area (Å²) in [6, 6.07) is 15.3. The molecule has 13 nitrogen and oxygen atoms in total. The minimum atomic E-state index is -3.45. The maximum absolute atomic E-state index is 13.3. The standard InChI is InChI=1S/C18H24ClNO4S.C17H21ClN4O.2CH4.N3.Na/c1-25(22,23)24-13-14-4-2-11-20(12-14)17(21)18(9-3-10-18)15-5-7-16(19)8-6-15;18-15-6-4-14(5-7-15)17(8-2-9-17)16(23)22-10-1-3-13(12-22)11-20-21-19;;;1-3-2;/h5-8,14H,2-4,9-13H2,1H3;4-7,13H,1-3,8-12H2;2*1H4;;/q;;;;-1;+1. The number of hydrogen-bond donors (Lipinski definition) is 0. The van der Waals surface area contributed by atoms with E-state index in [0.717, 1.165) is 94.7 Å². The van der Waals surface area contributed by atoms with Gasteiger partial charge in [-0.2, -0.15) is 8.42 Å². The van der Waals surface area contributed by atoms with E-state index in [4.69, 9.17) is 44.0 Å². The molecule has 2 aromatic carbocycles. The molecule has 2 saturated heterocycles. The average molecular weight is 816 g/mol. The number of piperidine rings is 2. The van der Waals surface area contributed by atoms with Crippen molar-refractivity contribution in [3.63, 3.8) is 0 Å². The SMILES string of the molecule is C.C.CS(=O)(=O)OCC1CCCN(C(=O)C2(c3ccc(Cl)cc3)CCC2)C1.[N-]=[N+]=NCC1CCCN(C(=O)C2(c3ccc(Cl)cc3)CCC2)C1.[N-]=[N+]=[N-].[Na+]. The van der Waals surface area contributed by atoms with E-state index in [1.165, 1.54) is 4.91 Å². The van der Waals surface area contributed by atoms with Crippen molar-refractivity contribution in [2.24, 2.45) is 17.0 Å². The maximum Gasteiger partial charge on any atom is 1.00 e. The van der Waals surface area contributed by atoms with E-state index in [2.05, 4.69) is 10.0 Å². The number of azide groups is 1. The normalized spacial score (nSPS) is 20.6. The second-order valence-corrected chi connectivity index (χ2v) is 16.4. The van der Waals surface area contributed by atoms with E-state index < -0.39 is 15.5 Å². The van der Waals surface area contributed by atoms with Gasteiger partial charge in [0.2, 0.25) is 11.8 Å². The zero-order chi connectivity index (χ0) is 37.1. The van der Waals surface area contributed by atoms with Crippen molar-refractivity contribution in [3.8, 4) is 0 Å². The Kier molecular flexibility index (Phi) is 21.0. The summed E-state index contributed by atoms with van der Waals surface area (Å²) in [6.45, 7) is 3.42. The predicted octanol–water partition coefficient (Wildman–Crippen LogP) is 6.43. The van der Waals surface area contributed by atoms with Crippen molar-refractivity contribution in [1.29, 1.82) is 0 Å². The molecule has 2 unspecified atom stereocenters. The van der Waals surface area contributed by atoms with Gasteiger partial charge in [0.15, 0.2) is 0 Å². The van der Waals surface area contributed by atoms with E-state index in [9.17, 15) is 18.0 Å². The molecule has 0 aromatic heterocycles.